The van der Waals surface area contributed by atoms with Gasteiger partial charge in [0.25, 0.3) is 0 Å². The Hall–Kier alpha value is -2.31. The van der Waals surface area contributed by atoms with Crippen molar-refractivity contribution >= 4 is 50.2 Å². The maximum Gasteiger partial charge on any atom is 0.305 e. The zero-order chi connectivity index (χ0) is 19.5. The van der Waals surface area contributed by atoms with Gasteiger partial charge in [0.05, 0.1) is 24.7 Å². The number of rotatable bonds is 7. The van der Waals surface area contributed by atoms with Gasteiger partial charge < -0.3 is 9.30 Å². The SMILES string of the molecule is COC(=O)CCCSc1nc2ccccc2n1Cc1csc2cccc(C)c12. The lowest BCUT2D eigenvalue weighted by atomic mass is 10.1. The van der Waals surface area contributed by atoms with E-state index < -0.39 is 0 Å². The highest BCUT2D eigenvalue weighted by atomic mass is 32.2. The second-order valence-electron chi connectivity index (χ2n) is 6.71. The summed E-state index contributed by atoms with van der Waals surface area (Å²) in [6.07, 6.45) is 1.22. The van der Waals surface area contributed by atoms with E-state index in [1.54, 1.807) is 23.1 Å². The molecule has 4 aromatic rings. The number of hydrogen-bond donors (Lipinski definition) is 0. The number of benzene rings is 2. The zero-order valence-corrected chi connectivity index (χ0v) is 17.6. The fourth-order valence-corrected chi connectivity index (χ4v) is 5.41. The van der Waals surface area contributed by atoms with Gasteiger partial charge >= 0.3 is 5.97 Å². The molecule has 0 aliphatic carbocycles. The summed E-state index contributed by atoms with van der Waals surface area (Å²) in [4.78, 5) is 16.2. The van der Waals surface area contributed by atoms with Crippen LogP contribution in [0, 0.1) is 6.92 Å². The molecule has 0 N–H and O–H groups in total. The average molecular weight is 411 g/mol. The second-order valence-corrected chi connectivity index (χ2v) is 8.68. The number of esters is 1. The van der Waals surface area contributed by atoms with Gasteiger partial charge in [-0.25, -0.2) is 4.98 Å². The number of methoxy groups -OCH3 is 1. The van der Waals surface area contributed by atoms with E-state index in [0.29, 0.717) is 6.42 Å². The third kappa shape index (κ3) is 3.80. The van der Waals surface area contributed by atoms with Crippen molar-refractivity contribution in [1.82, 2.24) is 9.55 Å². The van der Waals surface area contributed by atoms with Gasteiger partial charge in [-0.3, -0.25) is 4.79 Å². The molecule has 4 nitrogen and oxygen atoms in total. The third-order valence-electron chi connectivity index (χ3n) is 4.82. The van der Waals surface area contributed by atoms with Crippen molar-refractivity contribution in [3.8, 4) is 0 Å². The molecule has 0 spiro atoms. The lowest BCUT2D eigenvalue weighted by Gasteiger charge is -2.09. The number of carbonyl (C=O) groups is 1. The normalized spacial score (nSPS) is 11.4. The molecule has 2 aromatic carbocycles. The number of aromatic nitrogens is 2. The van der Waals surface area contributed by atoms with Crippen LogP contribution in [0.3, 0.4) is 0 Å². The smallest absolute Gasteiger partial charge is 0.305 e. The standard InChI is InChI=1S/C22H22N2O2S2/c1-15-7-5-10-19-21(15)16(14-28-19)13-24-18-9-4-3-8-17(18)23-22(24)27-12-6-11-20(25)26-2/h3-5,7-10,14H,6,11-13H2,1-2H3. The summed E-state index contributed by atoms with van der Waals surface area (Å²) in [5.41, 5.74) is 4.79. The molecule has 0 atom stereocenters. The first-order valence-electron chi connectivity index (χ1n) is 9.28. The largest absolute Gasteiger partial charge is 0.469 e. The summed E-state index contributed by atoms with van der Waals surface area (Å²) in [6.45, 7) is 2.97. The van der Waals surface area contributed by atoms with Crippen LogP contribution in [0.5, 0.6) is 0 Å². The van der Waals surface area contributed by atoms with Crippen LogP contribution in [-0.4, -0.2) is 28.4 Å². The molecule has 0 unspecified atom stereocenters. The Balaban J connectivity index is 1.64. The van der Waals surface area contributed by atoms with Crippen LogP contribution in [0.15, 0.2) is 53.0 Å². The molecule has 6 heteroatoms. The van der Waals surface area contributed by atoms with Crippen LogP contribution in [0.25, 0.3) is 21.1 Å². The molecule has 0 amide bonds. The minimum atomic E-state index is -0.158. The number of hydrogen-bond acceptors (Lipinski definition) is 5. The number of imidazole rings is 1. The van der Waals surface area contributed by atoms with Crippen LogP contribution in [-0.2, 0) is 16.1 Å². The molecular formula is C22H22N2O2S2. The van der Waals surface area contributed by atoms with E-state index in [9.17, 15) is 4.79 Å². The summed E-state index contributed by atoms with van der Waals surface area (Å²) < 4.78 is 8.35. The van der Waals surface area contributed by atoms with Crippen LogP contribution in [0.1, 0.15) is 24.0 Å². The van der Waals surface area contributed by atoms with Crippen molar-refractivity contribution in [2.24, 2.45) is 0 Å². The Morgan fingerprint density at radius 2 is 2.07 bits per heavy atom. The fraction of sp³-hybridized carbons (Fsp3) is 0.273. The number of para-hydroxylation sites is 2. The predicted molar refractivity (Wildman–Crippen MR) is 117 cm³/mol. The number of nitrogens with zero attached hydrogens (tertiary/aromatic N) is 2. The summed E-state index contributed by atoms with van der Waals surface area (Å²) in [6, 6.07) is 14.7. The van der Waals surface area contributed by atoms with E-state index >= 15 is 0 Å². The van der Waals surface area contributed by atoms with E-state index in [1.807, 2.05) is 6.07 Å². The monoisotopic (exact) mass is 410 g/mol. The average Bonchev–Trinajstić information content (AvgIpc) is 3.28. The Morgan fingerprint density at radius 3 is 2.93 bits per heavy atom. The topological polar surface area (TPSA) is 44.1 Å². The van der Waals surface area contributed by atoms with Crippen LogP contribution < -0.4 is 0 Å². The van der Waals surface area contributed by atoms with Crippen molar-refractivity contribution in [2.45, 2.75) is 31.5 Å². The lowest BCUT2D eigenvalue weighted by molar-refractivity contribution is -0.140. The third-order valence-corrected chi connectivity index (χ3v) is 6.88. The van der Waals surface area contributed by atoms with E-state index in [4.69, 9.17) is 9.72 Å². The second kappa shape index (κ2) is 8.37. The number of ether oxygens (including phenoxy) is 1. The van der Waals surface area contributed by atoms with Crippen molar-refractivity contribution in [3.05, 3.63) is 59.0 Å². The molecule has 2 aromatic heterocycles. The Morgan fingerprint density at radius 1 is 1.21 bits per heavy atom. The quantitative estimate of drug-likeness (QED) is 0.224. The molecule has 0 aliphatic heterocycles. The van der Waals surface area contributed by atoms with E-state index in [1.165, 1.54) is 28.3 Å². The number of fused-ring (bicyclic) bond motifs is 2. The van der Waals surface area contributed by atoms with Gasteiger partial charge in [-0.1, -0.05) is 36.0 Å². The molecule has 0 radical (unpaired) electrons. The minimum Gasteiger partial charge on any atom is -0.469 e. The Bertz CT molecular complexity index is 1130. The summed E-state index contributed by atoms with van der Waals surface area (Å²) in [5, 5.41) is 4.61. The summed E-state index contributed by atoms with van der Waals surface area (Å²) in [5.74, 6) is 0.677. The van der Waals surface area contributed by atoms with Gasteiger partial charge in [0.15, 0.2) is 5.16 Å². The van der Waals surface area contributed by atoms with Gasteiger partial charge in [0.1, 0.15) is 0 Å². The van der Waals surface area contributed by atoms with Crippen molar-refractivity contribution < 1.29 is 9.53 Å². The molecular weight excluding hydrogens is 388 g/mol. The van der Waals surface area contributed by atoms with Crippen molar-refractivity contribution in [3.63, 3.8) is 0 Å². The summed E-state index contributed by atoms with van der Waals surface area (Å²) >= 11 is 3.50. The molecule has 4 rings (SSSR count). The number of carbonyl (C=O) groups excluding carboxylic acids is 1. The maximum absolute atomic E-state index is 11.3. The Kier molecular flexibility index (Phi) is 5.69. The van der Waals surface area contributed by atoms with Crippen LogP contribution >= 0.6 is 23.1 Å². The zero-order valence-electron chi connectivity index (χ0n) is 16.0. The fourth-order valence-electron chi connectivity index (χ4n) is 3.43. The van der Waals surface area contributed by atoms with E-state index in [-0.39, 0.29) is 5.97 Å². The molecule has 0 fully saturated rings. The van der Waals surface area contributed by atoms with E-state index in [2.05, 4.69) is 53.3 Å². The number of thiophene rings is 1. The van der Waals surface area contributed by atoms with E-state index in [0.717, 1.165) is 34.9 Å². The molecule has 0 aliphatic rings. The highest BCUT2D eigenvalue weighted by Gasteiger charge is 2.14. The number of aryl methyl sites for hydroxylation is 1. The van der Waals surface area contributed by atoms with Gasteiger partial charge in [0.2, 0.25) is 0 Å². The van der Waals surface area contributed by atoms with Crippen molar-refractivity contribution in [2.75, 3.05) is 12.9 Å². The molecule has 0 saturated carbocycles. The molecule has 28 heavy (non-hydrogen) atoms. The van der Waals surface area contributed by atoms with Gasteiger partial charge in [0, 0.05) is 22.3 Å². The minimum absolute atomic E-state index is 0.158. The maximum atomic E-state index is 11.3. The van der Waals surface area contributed by atoms with Crippen LogP contribution in [0.2, 0.25) is 0 Å². The highest BCUT2D eigenvalue weighted by molar-refractivity contribution is 7.99. The Labute approximate surface area is 172 Å². The van der Waals surface area contributed by atoms with Crippen LogP contribution in [0.4, 0.5) is 0 Å². The first-order chi connectivity index (χ1) is 13.7. The molecule has 144 valence electrons. The first-order valence-corrected chi connectivity index (χ1v) is 11.1. The molecule has 0 bridgehead atoms. The van der Waals surface area contributed by atoms with Gasteiger partial charge in [-0.2, -0.15) is 0 Å². The predicted octanol–water partition coefficient (Wildman–Crippen LogP) is 5.65. The number of thioether (sulfide) groups is 1. The lowest BCUT2D eigenvalue weighted by Crippen LogP contribution is -2.03. The highest BCUT2D eigenvalue weighted by Crippen LogP contribution is 2.32. The van der Waals surface area contributed by atoms with Gasteiger partial charge in [-0.05, 0) is 48.1 Å². The molecule has 2 heterocycles. The summed E-state index contributed by atoms with van der Waals surface area (Å²) in [7, 11) is 1.43. The molecule has 0 saturated heterocycles. The first kappa shape index (κ1) is 19.0. The van der Waals surface area contributed by atoms with Crippen molar-refractivity contribution in [1.29, 1.82) is 0 Å². The van der Waals surface area contributed by atoms with Gasteiger partial charge in [-0.15, -0.1) is 11.3 Å².